The summed E-state index contributed by atoms with van der Waals surface area (Å²) in [5.74, 6) is 0.397. The molecule has 0 radical (unpaired) electrons. The number of amides is 2. The molecule has 0 spiro atoms. The van der Waals surface area contributed by atoms with E-state index < -0.39 is 11.7 Å². The standard InChI is InChI=1S/C31H31F3N6O/c1-39-21-25(19-38-39)24-9-14-28(15-10-24)40(30(41)37-18-22-5-3-2-4-6-22)27-12-7-23(8-13-27)17-35-29-16-11-26(20-36-29)31(32,33)34/h2-6,9-11,14-17,19-21,23,27H,7-8,12-13,18H2,1H3,(H,37,41). The summed E-state index contributed by atoms with van der Waals surface area (Å²) in [5, 5.41) is 7.32. The number of nitrogens with zero attached hydrogens (tertiary/aromatic N) is 5. The van der Waals surface area contributed by atoms with Crippen LogP contribution in [0.3, 0.4) is 0 Å². The lowest BCUT2D eigenvalue weighted by atomic mass is 9.86. The first-order valence-corrected chi connectivity index (χ1v) is 13.5. The van der Waals surface area contributed by atoms with Crippen molar-refractivity contribution >= 4 is 23.8 Å². The lowest BCUT2D eigenvalue weighted by Gasteiger charge is -2.36. The van der Waals surface area contributed by atoms with Crippen molar-refractivity contribution in [1.29, 1.82) is 0 Å². The smallest absolute Gasteiger partial charge is 0.334 e. The Balaban J connectivity index is 1.27. The molecule has 212 valence electrons. The predicted octanol–water partition coefficient (Wildman–Crippen LogP) is 7.18. The van der Waals surface area contributed by atoms with Crippen molar-refractivity contribution in [2.75, 3.05) is 4.90 Å². The quantitative estimate of drug-likeness (QED) is 0.243. The summed E-state index contributed by atoms with van der Waals surface area (Å²) >= 11 is 0. The average molecular weight is 561 g/mol. The highest BCUT2D eigenvalue weighted by molar-refractivity contribution is 5.93. The minimum Gasteiger partial charge on any atom is -0.334 e. The topological polar surface area (TPSA) is 75.4 Å². The zero-order valence-corrected chi connectivity index (χ0v) is 22.6. The number of hydrogen-bond donors (Lipinski definition) is 1. The van der Waals surface area contributed by atoms with Crippen LogP contribution in [0, 0.1) is 5.92 Å². The summed E-state index contributed by atoms with van der Waals surface area (Å²) < 4.78 is 40.1. The molecule has 0 aliphatic heterocycles. The number of anilines is 1. The number of urea groups is 1. The number of rotatable bonds is 7. The lowest BCUT2D eigenvalue weighted by Crippen LogP contribution is -2.47. The van der Waals surface area contributed by atoms with Crippen molar-refractivity contribution in [3.8, 4) is 11.1 Å². The number of hydrogen-bond acceptors (Lipinski definition) is 4. The maximum atomic E-state index is 13.6. The number of carbonyl (C=O) groups excluding carboxylic acids is 1. The van der Waals surface area contributed by atoms with Crippen LogP contribution in [0.4, 0.5) is 29.5 Å². The van der Waals surface area contributed by atoms with Crippen LogP contribution >= 0.6 is 0 Å². The molecule has 7 nitrogen and oxygen atoms in total. The Kier molecular flexibility index (Phi) is 8.47. The van der Waals surface area contributed by atoms with Crippen LogP contribution in [-0.2, 0) is 19.8 Å². The maximum Gasteiger partial charge on any atom is 0.417 e. The lowest BCUT2D eigenvalue weighted by molar-refractivity contribution is -0.137. The first-order valence-electron chi connectivity index (χ1n) is 13.5. The molecule has 2 heterocycles. The van der Waals surface area contributed by atoms with E-state index in [9.17, 15) is 18.0 Å². The van der Waals surface area contributed by atoms with Gasteiger partial charge in [-0.1, -0.05) is 42.5 Å². The second kappa shape index (κ2) is 12.4. The van der Waals surface area contributed by atoms with Crippen LogP contribution in [0.15, 0.2) is 90.3 Å². The highest BCUT2D eigenvalue weighted by Gasteiger charge is 2.31. The van der Waals surface area contributed by atoms with Gasteiger partial charge >= 0.3 is 12.2 Å². The Hall–Kier alpha value is -4.47. The van der Waals surface area contributed by atoms with Crippen LogP contribution < -0.4 is 10.2 Å². The summed E-state index contributed by atoms with van der Waals surface area (Å²) in [5.41, 5.74) is 3.06. The molecule has 2 aromatic carbocycles. The van der Waals surface area contributed by atoms with Crippen LogP contribution in [0.25, 0.3) is 11.1 Å². The minimum absolute atomic E-state index is 0.0103. The van der Waals surface area contributed by atoms with E-state index in [4.69, 9.17) is 0 Å². The van der Waals surface area contributed by atoms with Gasteiger partial charge in [0.25, 0.3) is 0 Å². The van der Waals surface area contributed by atoms with Crippen molar-refractivity contribution in [2.45, 2.75) is 44.4 Å². The molecule has 2 amide bonds. The van der Waals surface area contributed by atoms with Gasteiger partial charge < -0.3 is 5.32 Å². The molecule has 0 bridgehead atoms. The maximum absolute atomic E-state index is 13.6. The largest absolute Gasteiger partial charge is 0.417 e. The molecular weight excluding hydrogens is 529 g/mol. The summed E-state index contributed by atoms with van der Waals surface area (Å²) in [6, 6.07) is 19.8. The van der Waals surface area contributed by atoms with Gasteiger partial charge in [0.05, 0.1) is 11.8 Å². The van der Waals surface area contributed by atoms with Gasteiger partial charge in [-0.2, -0.15) is 18.3 Å². The van der Waals surface area contributed by atoms with Gasteiger partial charge in [-0.15, -0.1) is 0 Å². The van der Waals surface area contributed by atoms with E-state index in [1.54, 1.807) is 10.9 Å². The first-order chi connectivity index (χ1) is 19.8. The monoisotopic (exact) mass is 560 g/mol. The molecule has 1 fully saturated rings. The van der Waals surface area contributed by atoms with E-state index in [-0.39, 0.29) is 23.8 Å². The molecule has 0 unspecified atom stereocenters. The van der Waals surface area contributed by atoms with Crippen LogP contribution in [0.2, 0.25) is 0 Å². The molecule has 0 atom stereocenters. The van der Waals surface area contributed by atoms with Crippen molar-refractivity contribution in [3.05, 3.63) is 96.4 Å². The van der Waals surface area contributed by atoms with E-state index in [2.05, 4.69) is 20.4 Å². The fraction of sp³-hybridized carbons (Fsp3) is 0.290. The SMILES string of the molecule is Cn1cc(-c2ccc(N(C(=O)NCc3ccccc3)C3CCC(C=Nc4ccc(C(F)(F)F)cn4)CC3)cc2)cn1. The summed E-state index contributed by atoms with van der Waals surface area (Å²) in [6.07, 6.45) is 5.02. The summed E-state index contributed by atoms with van der Waals surface area (Å²) in [4.78, 5) is 23.5. The van der Waals surface area contributed by atoms with Crippen molar-refractivity contribution in [3.63, 3.8) is 0 Å². The Morgan fingerprint density at radius 1 is 1.00 bits per heavy atom. The second-order valence-electron chi connectivity index (χ2n) is 10.2. The predicted molar refractivity (Wildman–Crippen MR) is 153 cm³/mol. The highest BCUT2D eigenvalue weighted by Crippen LogP contribution is 2.32. The van der Waals surface area contributed by atoms with Gasteiger partial charge in [0.2, 0.25) is 0 Å². The molecular formula is C31H31F3N6O. The van der Waals surface area contributed by atoms with E-state index in [0.717, 1.165) is 60.3 Å². The third-order valence-corrected chi connectivity index (χ3v) is 7.29. The van der Waals surface area contributed by atoms with Crippen molar-refractivity contribution in [1.82, 2.24) is 20.1 Å². The number of halogens is 3. The Morgan fingerprint density at radius 3 is 2.34 bits per heavy atom. The molecule has 0 saturated heterocycles. The van der Waals surface area contributed by atoms with Crippen molar-refractivity contribution in [2.24, 2.45) is 18.0 Å². The number of aliphatic imine (C=N–C) groups is 1. The van der Waals surface area contributed by atoms with Crippen LogP contribution in [0.1, 0.15) is 36.8 Å². The number of nitrogens with one attached hydrogen (secondary N) is 1. The molecule has 1 aliphatic carbocycles. The third-order valence-electron chi connectivity index (χ3n) is 7.29. The molecule has 4 aromatic rings. The third kappa shape index (κ3) is 7.19. The first kappa shape index (κ1) is 28.1. The van der Waals surface area contributed by atoms with Gasteiger partial charge in [-0.25, -0.2) is 14.8 Å². The molecule has 41 heavy (non-hydrogen) atoms. The van der Waals surface area contributed by atoms with Gasteiger partial charge in [0.15, 0.2) is 5.82 Å². The molecule has 1 N–H and O–H groups in total. The van der Waals surface area contributed by atoms with Gasteiger partial charge in [0.1, 0.15) is 0 Å². The van der Waals surface area contributed by atoms with Gasteiger partial charge in [-0.3, -0.25) is 9.58 Å². The van der Waals surface area contributed by atoms with Crippen LogP contribution in [0.5, 0.6) is 0 Å². The molecule has 2 aromatic heterocycles. The average Bonchev–Trinajstić information content (AvgIpc) is 3.42. The number of aryl methyl sites for hydroxylation is 1. The Labute approximate surface area is 236 Å². The number of pyridine rings is 1. The van der Waals surface area contributed by atoms with E-state index in [0.29, 0.717) is 6.54 Å². The minimum atomic E-state index is -4.42. The second-order valence-corrected chi connectivity index (χ2v) is 10.2. The highest BCUT2D eigenvalue weighted by atomic mass is 19.4. The Bertz CT molecular complexity index is 1460. The number of alkyl halides is 3. The number of benzene rings is 2. The van der Waals surface area contributed by atoms with Gasteiger partial charge in [0, 0.05) is 49.5 Å². The molecule has 1 aliphatic rings. The molecule has 5 rings (SSSR count). The number of carbonyl (C=O) groups is 1. The van der Waals surface area contributed by atoms with Crippen molar-refractivity contribution < 1.29 is 18.0 Å². The van der Waals surface area contributed by atoms with Crippen LogP contribution in [-0.4, -0.2) is 33.1 Å². The van der Waals surface area contributed by atoms with E-state index in [1.807, 2.05) is 78.9 Å². The summed E-state index contributed by atoms with van der Waals surface area (Å²) in [7, 11) is 1.87. The molecule has 1 saturated carbocycles. The van der Waals surface area contributed by atoms with Gasteiger partial charge in [-0.05, 0) is 67.0 Å². The number of aromatic nitrogens is 3. The van der Waals surface area contributed by atoms with E-state index >= 15 is 0 Å². The van der Waals surface area contributed by atoms with E-state index in [1.165, 1.54) is 6.07 Å². The fourth-order valence-electron chi connectivity index (χ4n) is 5.06. The Morgan fingerprint density at radius 2 is 1.73 bits per heavy atom. The zero-order valence-electron chi connectivity index (χ0n) is 22.6. The molecule has 10 heteroatoms. The normalized spacial score (nSPS) is 17.5. The fourth-order valence-corrected chi connectivity index (χ4v) is 5.06. The summed E-state index contributed by atoms with van der Waals surface area (Å²) in [6.45, 7) is 0.423. The zero-order chi connectivity index (χ0) is 28.8.